The van der Waals surface area contributed by atoms with Crippen LogP contribution in [0.3, 0.4) is 0 Å². The van der Waals surface area contributed by atoms with Crippen molar-refractivity contribution in [3.05, 3.63) is 60.9 Å². The van der Waals surface area contributed by atoms with Crippen molar-refractivity contribution < 1.29 is 5.11 Å². The van der Waals surface area contributed by atoms with Crippen molar-refractivity contribution >= 4 is 49.4 Å². The summed E-state index contributed by atoms with van der Waals surface area (Å²) < 4.78 is 3.20. The van der Waals surface area contributed by atoms with Crippen LogP contribution in [-0.4, -0.2) is 36.8 Å². The van der Waals surface area contributed by atoms with Gasteiger partial charge in [0.1, 0.15) is 11.6 Å². The fourth-order valence-electron chi connectivity index (χ4n) is 4.58. The topological polar surface area (TPSA) is 87.9 Å². The minimum Gasteiger partial charge on any atom is -0.393 e. The molecule has 1 aliphatic rings. The average Bonchev–Trinajstić information content (AvgIpc) is 3.42. The molecule has 1 saturated carbocycles. The molecule has 6 rings (SSSR count). The van der Waals surface area contributed by atoms with Crippen LogP contribution in [0.15, 0.2) is 60.9 Å². The molecule has 4 heterocycles. The highest BCUT2D eigenvalue weighted by Crippen LogP contribution is 2.32. The van der Waals surface area contributed by atoms with E-state index in [4.69, 9.17) is 9.97 Å². The molecule has 0 saturated heterocycles. The number of benzene rings is 1. The lowest BCUT2D eigenvalue weighted by atomic mass is 9.93. The van der Waals surface area contributed by atoms with E-state index in [1.807, 2.05) is 43.7 Å². The summed E-state index contributed by atoms with van der Waals surface area (Å²) in [7, 11) is 2.04. The Labute approximate surface area is 201 Å². The smallest absolute Gasteiger partial charge is 0.189 e. The number of aliphatic hydroxyl groups excluding tert-OH is 1. The van der Waals surface area contributed by atoms with Gasteiger partial charge in [0.15, 0.2) is 5.13 Å². The second-order valence-electron chi connectivity index (χ2n) is 8.94. The van der Waals surface area contributed by atoms with Gasteiger partial charge in [-0.2, -0.15) is 0 Å². The standard InChI is InChI=1S/C26H26N6OS/c1-32-12-11-20-22(32)13-17(15-27-20)16-5-10-21-23(14-16)34-26(29-21)31-25-4-2-3-24(30-25)28-18-6-8-19(33)9-7-18/h2-5,10-15,18-19,33H,6-9H2,1H3,(H2,28,29,30,31). The van der Waals surface area contributed by atoms with Crippen molar-refractivity contribution in [3.8, 4) is 11.1 Å². The Balaban J connectivity index is 1.21. The van der Waals surface area contributed by atoms with E-state index in [9.17, 15) is 5.11 Å². The Bertz CT molecular complexity index is 1470. The number of fused-ring (bicyclic) bond motifs is 2. The SMILES string of the molecule is Cn1ccc2ncc(-c3ccc4nc(Nc5cccc(NC6CCC(O)CC6)n5)sc4c3)cc21. The summed E-state index contributed by atoms with van der Waals surface area (Å²) in [5, 5.41) is 17.4. The van der Waals surface area contributed by atoms with Gasteiger partial charge in [0.25, 0.3) is 0 Å². The lowest BCUT2D eigenvalue weighted by Gasteiger charge is -2.26. The molecule has 4 aromatic heterocycles. The molecule has 0 spiro atoms. The molecule has 0 unspecified atom stereocenters. The molecular weight excluding hydrogens is 444 g/mol. The van der Waals surface area contributed by atoms with Gasteiger partial charge in [-0.25, -0.2) is 9.97 Å². The number of nitrogens with zero attached hydrogens (tertiary/aromatic N) is 4. The molecule has 0 bridgehead atoms. The number of aliphatic hydroxyl groups is 1. The number of hydrogen-bond acceptors (Lipinski definition) is 7. The molecule has 8 heteroatoms. The maximum Gasteiger partial charge on any atom is 0.189 e. The van der Waals surface area contributed by atoms with Crippen LogP contribution in [0.25, 0.3) is 32.4 Å². The predicted molar refractivity (Wildman–Crippen MR) is 139 cm³/mol. The molecule has 0 radical (unpaired) electrons. The first-order valence-corrected chi connectivity index (χ1v) is 12.4. The van der Waals surface area contributed by atoms with E-state index in [2.05, 4.69) is 44.5 Å². The van der Waals surface area contributed by atoms with Crippen molar-refractivity contribution in [1.29, 1.82) is 0 Å². The van der Waals surface area contributed by atoms with Crippen molar-refractivity contribution in [1.82, 2.24) is 19.5 Å². The second kappa shape index (κ2) is 8.70. The third-order valence-electron chi connectivity index (χ3n) is 6.49. The summed E-state index contributed by atoms with van der Waals surface area (Å²) in [5.41, 5.74) is 5.30. The van der Waals surface area contributed by atoms with Crippen LogP contribution in [0.1, 0.15) is 25.7 Å². The zero-order valence-corrected chi connectivity index (χ0v) is 19.7. The first-order chi connectivity index (χ1) is 16.6. The van der Waals surface area contributed by atoms with E-state index in [1.54, 1.807) is 11.3 Å². The van der Waals surface area contributed by atoms with Gasteiger partial charge in [0, 0.05) is 31.0 Å². The summed E-state index contributed by atoms with van der Waals surface area (Å²) in [6.45, 7) is 0. The van der Waals surface area contributed by atoms with Crippen LogP contribution in [-0.2, 0) is 7.05 Å². The number of rotatable bonds is 5. The van der Waals surface area contributed by atoms with Gasteiger partial charge in [0.2, 0.25) is 0 Å². The number of pyridine rings is 2. The highest BCUT2D eigenvalue weighted by molar-refractivity contribution is 7.22. The van der Waals surface area contributed by atoms with Gasteiger partial charge >= 0.3 is 0 Å². The third kappa shape index (κ3) is 4.22. The van der Waals surface area contributed by atoms with E-state index >= 15 is 0 Å². The first kappa shape index (κ1) is 21.1. The largest absolute Gasteiger partial charge is 0.393 e. The Morgan fingerprint density at radius 2 is 1.79 bits per heavy atom. The number of aryl methyl sites for hydroxylation is 1. The number of anilines is 3. The van der Waals surface area contributed by atoms with Crippen molar-refractivity contribution in [2.45, 2.75) is 37.8 Å². The lowest BCUT2D eigenvalue weighted by Crippen LogP contribution is -2.28. The fraction of sp³-hybridized carbons (Fsp3) is 0.269. The molecule has 1 aromatic carbocycles. The van der Waals surface area contributed by atoms with Gasteiger partial charge in [-0.3, -0.25) is 4.98 Å². The minimum atomic E-state index is -0.157. The molecule has 0 amide bonds. The van der Waals surface area contributed by atoms with Gasteiger partial charge in [-0.05, 0) is 67.6 Å². The first-order valence-electron chi connectivity index (χ1n) is 11.6. The van der Waals surface area contributed by atoms with Crippen molar-refractivity contribution in [2.24, 2.45) is 7.05 Å². The molecule has 34 heavy (non-hydrogen) atoms. The monoisotopic (exact) mass is 470 g/mol. The van der Waals surface area contributed by atoms with Gasteiger partial charge < -0.3 is 20.3 Å². The summed E-state index contributed by atoms with van der Waals surface area (Å²) >= 11 is 1.62. The maximum absolute atomic E-state index is 9.72. The molecule has 1 aliphatic carbocycles. The zero-order valence-electron chi connectivity index (χ0n) is 18.9. The Morgan fingerprint density at radius 3 is 2.68 bits per heavy atom. The van der Waals surface area contributed by atoms with Gasteiger partial charge in [-0.15, -0.1) is 0 Å². The van der Waals surface area contributed by atoms with Crippen LogP contribution in [0, 0.1) is 0 Å². The van der Waals surface area contributed by atoms with Crippen LogP contribution in [0.5, 0.6) is 0 Å². The van der Waals surface area contributed by atoms with Crippen LogP contribution >= 0.6 is 11.3 Å². The molecule has 7 nitrogen and oxygen atoms in total. The minimum absolute atomic E-state index is 0.157. The molecule has 1 fully saturated rings. The molecule has 3 N–H and O–H groups in total. The van der Waals surface area contributed by atoms with Gasteiger partial charge in [0.05, 0.1) is 27.4 Å². The number of hydrogen-bond donors (Lipinski definition) is 3. The number of nitrogens with one attached hydrogen (secondary N) is 2. The maximum atomic E-state index is 9.72. The second-order valence-corrected chi connectivity index (χ2v) is 9.97. The number of thiazole rings is 1. The van der Waals surface area contributed by atoms with E-state index in [0.717, 1.165) is 74.8 Å². The Morgan fingerprint density at radius 1 is 0.941 bits per heavy atom. The van der Waals surface area contributed by atoms with Crippen molar-refractivity contribution in [2.75, 3.05) is 10.6 Å². The van der Waals surface area contributed by atoms with E-state index in [1.165, 1.54) is 0 Å². The molecule has 172 valence electrons. The summed E-state index contributed by atoms with van der Waals surface area (Å²) in [6, 6.07) is 16.8. The lowest BCUT2D eigenvalue weighted by molar-refractivity contribution is 0.126. The highest BCUT2D eigenvalue weighted by atomic mass is 32.1. The fourth-order valence-corrected chi connectivity index (χ4v) is 5.49. The van der Waals surface area contributed by atoms with Crippen LogP contribution in [0.4, 0.5) is 16.8 Å². The van der Waals surface area contributed by atoms with Crippen LogP contribution in [0.2, 0.25) is 0 Å². The summed E-state index contributed by atoms with van der Waals surface area (Å²) in [5.74, 6) is 1.61. The number of aromatic nitrogens is 4. The van der Waals surface area contributed by atoms with E-state index in [-0.39, 0.29) is 6.10 Å². The summed E-state index contributed by atoms with van der Waals surface area (Å²) in [4.78, 5) is 14.1. The molecule has 5 aromatic rings. The quantitative estimate of drug-likeness (QED) is 0.305. The Kier molecular flexibility index (Phi) is 5.39. The molecule has 0 aliphatic heterocycles. The van der Waals surface area contributed by atoms with Gasteiger partial charge in [-0.1, -0.05) is 23.5 Å². The Hall–Kier alpha value is -3.49. The van der Waals surface area contributed by atoms with Crippen molar-refractivity contribution in [3.63, 3.8) is 0 Å². The van der Waals surface area contributed by atoms with E-state index < -0.39 is 0 Å². The average molecular weight is 471 g/mol. The molecule has 0 atom stereocenters. The third-order valence-corrected chi connectivity index (χ3v) is 7.42. The zero-order chi connectivity index (χ0) is 23.1. The normalized spacial score (nSPS) is 18.4. The highest BCUT2D eigenvalue weighted by Gasteiger charge is 2.19. The van der Waals surface area contributed by atoms with E-state index in [0.29, 0.717) is 6.04 Å². The molecular formula is C26H26N6OS. The van der Waals surface area contributed by atoms with Crippen LogP contribution < -0.4 is 10.6 Å². The summed E-state index contributed by atoms with van der Waals surface area (Å²) in [6.07, 6.45) is 7.43. The predicted octanol–water partition coefficient (Wildman–Crippen LogP) is 5.70.